The van der Waals surface area contributed by atoms with Gasteiger partial charge in [-0.25, -0.2) is 0 Å². The molecule has 2 rings (SSSR count). The number of benzene rings is 2. The fourth-order valence-corrected chi connectivity index (χ4v) is 2.47. The average molecular weight is 290 g/mol. The second-order valence-corrected chi connectivity index (χ2v) is 5.24. The highest BCUT2D eigenvalue weighted by atomic mass is 35.5. The molecule has 0 spiro atoms. The lowest BCUT2D eigenvalue weighted by atomic mass is 10.1. The summed E-state index contributed by atoms with van der Waals surface area (Å²) in [7, 11) is 0. The molecule has 1 atom stereocenters. The summed E-state index contributed by atoms with van der Waals surface area (Å²) in [6.45, 7) is 7.13. The van der Waals surface area contributed by atoms with Crippen molar-refractivity contribution in [1.82, 2.24) is 5.32 Å². The molecule has 20 heavy (non-hydrogen) atoms. The van der Waals surface area contributed by atoms with Crippen molar-refractivity contribution >= 4 is 11.6 Å². The van der Waals surface area contributed by atoms with Crippen molar-refractivity contribution in [3.05, 3.63) is 58.6 Å². The Balaban J connectivity index is 2.19. The molecule has 106 valence electrons. The second-order valence-electron chi connectivity index (χ2n) is 4.83. The highest BCUT2D eigenvalue weighted by Crippen LogP contribution is 2.30. The average Bonchev–Trinajstić information content (AvgIpc) is 2.42. The van der Waals surface area contributed by atoms with Crippen LogP contribution in [-0.4, -0.2) is 6.54 Å². The smallest absolute Gasteiger partial charge is 0.130 e. The molecule has 0 aliphatic heterocycles. The summed E-state index contributed by atoms with van der Waals surface area (Å²) in [6, 6.07) is 14.0. The summed E-state index contributed by atoms with van der Waals surface area (Å²) < 4.78 is 5.88. The first-order valence-corrected chi connectivity index (χ1v) is 7.26. The van der Waals surface area contributed by atoms with Crippen molar-refractivity contribution in [3.63, 3.8) is 0 Å². The van der Waals surface area contributed by atoms with Crippen molar-refractivity contribution < 1.29 is 4.74 Å². The molecule has 0 aromatic heterocycles. The maximum absolute atomic E-state index is 6.35. The van der Waals surface area contributed by atoms with Gasteiger partial charge >= 0.3 is 0 Å². The highest BCUT2D eigenvalue weighted by molar-refractivity contribution is 6.31. The Morgan fingerprint density at radius 3 is 2.60 bits per heavy atom. The van der Waals surface area contributed by atoms with Crippen LogP contribution in [0, 0.1) is 6.92 Å². The Bertz CT molecular complexity index is 583. The van der Waals surface area contributed by atoms with E-state index in [1.165, 1.54) is 0 Å². The first kappa shape index (κ1) is 14.9. The molecule has 0 fully saturated rings. The van der Waals surface area contributed by atoms with E-state index in [4.69, 9.17) is 16.3 Å². The first-order valence-electron chi connectivity index (χ1n) is 6.88. The van der Waals surface area contributed by atoms with Gasteiger partial charge in [0, 0.05) is 11.1 Å². The van der Waals surface area contributed by atoms with Crippen LogP contribution in [-0.2, 0) is 0 Å². The lowest BCUT2D eigenvalue weighted by molar-refractivity contribution is 0.478. The Morgan fingerprint density at radius 1 is 1.20 bits per heavy atom. The SMILES string of the molecule is CCNC(C)c1ccc(Oc2ccccc2C)cc1Cl. The molecular formula is C17H20ClNO. The van der Waals surface area contributed by atoms with Crippen LogP contribution in [0.5, 0.6) is 11.5 Å². The Hall–Kier alpha value is -1.51. The molecule has 0 saturated heterocycles. The Morgan fingerprint density at radius 2 is 1.95 bits per heavy atom. The van der Waals surface area contributed by atoms with Crippen molar-refractivity contribution in [3.8, 4) is 11.5 Å². The molecular weight excluding hydrogens is 270 g/mol. The maximum Gasteiger partial charge on any atom is 0.130 e. The van der Waals surface area contributed by atoms with Gasteiger partial charge in [0.1, 0.15) is 11.5 Å². The largest absolute Gasteiger partial charge is 0.457 e. The predicted molar refractivity (Wildman–Crippen MR) is 84.8 cm³/mol. The van der Waals surface area contributed by atoms with Crippen LogP contribution in [0.25, 0.3) is 0 Å². The van der Waals surface area contributed by atoms with Gasteiger partial charge in [0.15, 0.2) is 0 Å². The topological polar surface area (TPSA) is 21.3 Å². The van der Waals surface area contributed by atoms with E-state index in [2.05, 4.69) is 19.2 Å². The third-order valence-corrected chi connectivity index (χ3v) is 3.60. The number of hydrogen-bond acceptors (Lipinski definition) is 2. The van der Waals surface area contributed by atoms with Gasteiger partial charge in [0.05, 0.1) is 0 Å². The van der Waals surface area contributed by atoms with E-state index in [0.717, 1.165) is 34.2 Å². The molecule has 1 N–H and O–H groups in total. The van der Waals surface area contributed by atoms with Crippen LogP contribution < -0.4 is 10.1 Å². The fraction of sp³-hybridized carbons (Fsp3) is 0.294. The summed E-state index contributed by atoms with van der Waals surface area (Å²) in [5.74, 6) is 1.62. The zero-order valence-electron chi connectivity index (χ0n) is 12.1. The molecule has 2 aromatic carbocycles. The molecule has 3 heteroatoms. The van der Waals surface area contributed by atoms with E-state index in [9.17, 15) is 0 Å². The monoisotopic (exact) mass is 289 g/mol. The minimum Gasteiger partial charge on any atom is -0.457 e. The van der Waals surface area contributed by atoms with E-state index in [0.29, 0.717) is 0 Å². The number of nitrogens with one attached hydrogen (secondary N) is 1. The first-order chi connectivity index (χ1) is 9.61. The summed E-state index contributed by atoms with van der Waals surface area (Å²) in [4.78, 5) is 0. The Labute approximate surface area is 125 Å². The minimum absolute atomic E-state index is 0.236. The Kier molecular flexibility index (Phi) is 5.05. The third-order valence-electron chi connectivity index (χ3n) is 3.27. The lowest BCUT2D eigenvalue weighted by Crippen LogP contribution is -2.17. The molecule has 2 nitrogen and oxygen atoms in total. The number of para-hydroxylation sites is 1. The quantitative estimate of drug-likeness (QED) is 0.826. The maximum atomic E-state index is 6.35. The molecule has 0 saturated carbocycles. The van der Waals surface area contributed by atoms with Gasteiger partial charge in [0.2, 0.25) is 0 Å². The van der Waals surface area contributed by atoms with Gasteiger partial charge in [0.25, 0.3) is 0 Å². The van der Waals surface area contributed by atoms with Crippen LogP contribution in [0.4, 0.5) is 0 Å². The third kappa shape index (κ3) is 3.53. The van der Waals surface area contributed by atoms with Gasteiger partial charge in [-0.15, -0.1) is 0 Å². The highest BCUT2D eigenvalue weighted by Gasteiger charge is 2.10. The minimum atomic E-state index is 0.236. The van der Waals surface area contributed by atoms with Crippen LogP contribution in [0.2, 0.25) is 5.02 Å². The number of aryl methyl sites for hydroxylation is 1. The van der Waals surface area contributed by atoms with Gasteiger partial charge in [-0.3, -0.25) is 0 Å². The molecule has 2 aromatic rings. The number of ether oxygens (including phenoxy) is 1. The van der Waals surface area contributed by atoms with Crippen LogP contribution in [0.3, 0.4) is 0 Å². The molecule has 0 aliphatic carbocycles. The van der Waals surface area contributed by atoms with Crippen molar-refractivity contribution in [1.29, 1.82) is 0 Å². The van der Waals surface area contributed by atoms with Crippen molar-refractivity contribution in [2.45, 2.75) is 26.8 Å². The summed E-state index contributed by atoms with van der Waals surface area (Å²) >= 11 is 6.35. The van der Waals surface area contributed by atoms with E-state index in [-0.39, 0.29) is 6.04 Å². The van der Waals surface area contributed by atoms with E-state index >= 15 is 0 Å². The zero-order chi connectivity index (χ0) is 14.5. The normalized spacial score (nSPS) is 12.2. The number of hydrogen-bond donors (Lipinski definition) is 1. The van der Waals surface area contributed by atoms with Gasteiger partial charge in [-0.1, -0.05) is 42.8 Å². The van der Waals surface area contributed by atoms with E-state index in [1.807, 2.05) is 49.4 Å². The number of rotatable bonds is 5. The summed E-state index contributed by atoms with van der Waals surface area (Å²) in [5.41, 5.74) is 2.19. The molecule has 0 aliphatic rings. The molecule has 0 bridgehead atoms. The van der Waals surface area contributed by atoms with Crippen molar-refractivity contribution in [2.75, 3.05) is 6.54 Å². The molecule has 0 amide bonds. The molecule has 0 heterocycles. The van der Waals surface area contributed by atoms with Gasteiger partial charge < -0.3 is 10.1 Å². The summed E-state index contributed by atoms with van der Waals surface area (Å²) in [5, 5.41) is 4.08. The molecule has 0 radical (unpaired) electrons. The van der Waals surface area contributed by atoms with Gasteiger partial charge in [-0.2, -0.15) is 0 Å². The van der Waals surface area contributed by atoms with Crippen LogP contribution in [0.15, 0.2) is 42.5 Å². The van der Waals surface area contributed by atoms with Crippen LogP contribution >= 0.6 is 11.6 Å². The van der Waals surface area contributed by atoms with Crippen LogP contribution in [0.1, 0.15) is 31.0 Å². The predicted octanol–water partition coefficient (Wildman–Crippen LogP) is 5.11. The zero-order valence-corrected chi connectivity index (χ0v) is 12.9. The van der Waals surface area contributed by atoms with Gasteiger partial charge in [-0.05, 0) is 49.7 Å². The van der Waals surface area contributed by atoms with E-state index in [1.54, 1.807) is 0 Å². The second kappa shape index (κ2) is 6.78. The standard InChI is InChI=1S/C17H20ClNO/c1-4-19-13(3)15-10-9-14(11-16(15)18)20-17-8-6-5-7-12(17)2/h5-11,13,19H,4H2,1-3H3. The lowest BCUT2D eigenvalue weighted by Gasteiger charge is -2.16. The van der Waals surface area contributed by atoms with E-state index < -0.39 is 0 Å². The number of halogens is 1. The molecule has 1 unspecified atom stereocenters. The van der Waals surface area contributed by atoms with Crippen molar-refractivity contribution in [2.24, 2.45) is 0 Å². The fourth-order valence-electron chi connectivity index (χ4n) is 2.14. The summed E-state index contributed by atoms with van der Waals surface area (Å²) in [6.07, 6.45) is 0.